The molecule has 7 heteroatoms. The number of carbonyl (C=O) groups is 1. The molecule has 25 heavy (non-hydrogen) atoms. The van der Waals surface area contributed by atoms with E-state index in [9.17, 15) is 4.79 Å². The third kappa shape index (κ3) is 6.74. The molecule has 1 aromatic heterocycles. The van der Waals surface area contributed by atoms with E-state index in [0.717, 1.165) is 36.5 Å². The van der Waals surface area contributed by atoms with E-state index in [0.29, 0.717) is 12.3 Å². The maximum atomic E-state index is 12.1. The quantitative estimate of drug-likeness (QED) is 0.766. The summed E-state index contributed by atoms with van der Waals surface area (Å²) in [5.74, 6) is 0.888. The van der Waals surface area contributed by atoms with Gasteiger partial charge >= 0.3 is 0 Å². The van der Waals surface area contributed by atoms with Crippen LogP contribution < -0.4 is 10.6 Å². The SMILES string of the molecule is CC(Cc1nc2ccccc2s1)NC(=O)CCC1CCNCC1.Cl.Cl. The Kier molecular flexibility index (Phi) is 9.72. The Morgan fingerprint density at radius 3 is 2.76 bits per heavy atom. The van der Waals surface area contributed by atoms with Gasteiger partial charge in [-0.15, -0.1) is 36.2 Å². The number of thiazole rings is 1. The average molecular weight is 404 g/mol. The molecule has 1 unspecified atom stereocenters. The molecule has 1 fully saturated rings. The molecule has 0 saturated carbocycles. The molecule has 1 atom stereocenters. The van der Waals surface area contributed by atoms with Crippen molar-refractivity contribution in [3.8, 4) is 0 Å². The lowest BCUT2D eigenvalue weighted by atomic mass is 9.93. The van der Waals surface area contributed by atoms with Gasteiger partial charge in [0.2, 0.25) is 5.91 Å². The van der Waals surface area contributed by atoms with Gasteiger partial charge in [-0.3, -0.25) is 4.79 Å². The zero-order valence-corrected chi connectivity index (χ0v) is 16.9. The van der Waals surface area contributed by atoms with Gasteiger partial charge in [-0.25, -0.2) is 4.98 Å². The smallest absolute Gasteiger partial charge is 0.220 e. The number of aromatic nitrogens is 1. The highest BCUT2D eigenvalue weighted by Gasteiger charge is 2.16. The molecule has 1 amide bonds. The summed E-state index contributed by atoms with van der Waals surface area (Å²) in [6.45, 7) is 4.26. The fraction of sp³-hybridized carbons (Fsp3) is 0.556. The number of halogens is 2. The third-order valence-corrected chi connectivity index (χ3v) is 5.52. The molecule has 1 aromatic carbocycles. The lowest BCUT2D eigenvalue weighted by Gasteiger charge is -2.22. The number of fused-ring (bicyclic) bond motifs is 1. The van der Waals surface area contributed by atoms with Gasteiger partial charge in [0.1, 0.15) is 0 Å². The molecule has 0 aliphatic carbocycles. The van der Waals surface area contributed by atoms with Gasteiger partial charge in [0.15, 0.2) is 0 Å². The predicted molar refractivity (Wildman–Crippen MR) is 110 cm³/mol. The minimum Gasteiger partial charge on any atom is -0.353 e. The summed E-state index contributed by atoms with van der Waals surface area (Å²) >= 11 is 1.72. The van der Waals surface area contributed by atoms with Crippen molar-refractivity contribution in [1.29, 1.82) is 0 Å². The van der Waals surface area contributed by atoms with Gasteiger partial charge in [0, 0.05) is 18.9 Å². The third-order valence-electron chi connectivity index (χ3n) is 4.46. The minimum atomic E-state index is 0. The molecule has 0 spiro atoms. The van der Waals surface area contributed by atoms with Crippen molar-refractivity contribution in [1.82, 2.24) is 15.6 Å². The molecule has 2 aromatic rings. The Hall–Kier alpha value is -0.880. The number of carbonyl (C=O) groups excluding carboxylic acids is 1. The van der Waals surface area contributed by atoms with E-state index >= 15 is 0 Å². The Morgan fingerprint density at radius 1 is 1.32 bits per heavy atom. The lowest BCUT2D eigenvalue weighted by molar-refractivity contribution is -0.122. The second-order valence-corrected chi connectivity index (χ2v) is 7.60. The van der Waals surface area contributed by atoms with E-state index in [1.54, 1.807) is 11.3 Å². The van der Waals surface area contributed by atoms with Gasteiger partial charge < -0.3 is 10.6 Å². The summed E-state index contributed by atoms with van der Waals surface area (Å²) in [6.07, 6.45) is 4.87. The molecule has 0 radical (unpaired) electrons. The molecular formula is C18H27Cl2N3OS. The second-order valence-electron chi connectivity index (χ2n) is 6.48. The van der Waals surface area contributed by atoms with Crippen molar-refractivity contribution < 1.29 is 4.79 Å². The number of nitrogens with zero attached hydrogens (tertiary/aromatic N) is 1. The Balaban J connectivity index is 0.00000156. The molecule has 1 aliphatic heterocycles. The number of nitrogens with one attached hydrogen (secondary N) is 2. The van der Waals surface area contributed by atoms with Crippen LogP contribution in [0.25, 0.3) is 10.2 Å². The summed E-state index contributed by atoms with van der Waals surface area (Å²) in [5, 5.41) is 7.59. The maximum absolute atomic E-state index is 12.1. The van der Waals surface area contributed by atoms with Crippen LogP contribution >= 0.6 is 36.2 Å². The van der Waals surface area contributed by atoms with Crippen molar-refractivity contribution in [2.24, 2.45) is 5.92 Å². The van der Waals surface area contributed by atoms with Crippen molar-refractivity contribution >= 4 is 52.3 Å². The van der Waals surface area contributed by atoms with E-state index in [-0.39, 0.29) is 36.8 Å². The number of benzene rings is 1. The Bertz CT molecular complexity index is 626. The van der Waals surface area contributed by atoms with Gasteiger partial charge in [0.25, 0.3) is 0 Å². The molecule has 2 N–H and O–H groups in total. The summed E-state index contributed by atoms with van der Waals surface area (Å²) in [6, 6.07) is 8.32. The van der Waals surface area contributed by atoms with Crippen LogP contribution in [0.3, 0.4) is 0 Å². The summed E-state index contributed by atoms with van der Waals surface area (Å²) < 4.78 is 1.21. The van der Waals surface area contributed by atoms with Crippen LogP contribution in [0.15, 0.2) is 24.3 Å². The zero-order chi connectivity index (χ0) is 16.1. The van der Waals surface area contributed by atoms with E-state index < -0.39 is 0 Å². The van der Waals surface area contributed by atoms with Crippen molar-refractivity contribution in [3.05, 3.63) is 29.3 Å². The lowest BCUT2D eigenvalue weighted by Crippen LogP contribution is -2.34. The van der Waals surface area contributed by atoms with E-state index in [2.05, 4.69) is 28.6 Å². The standard InChI is InChI=1S/C18H25N3OS.2ClH/c1-13(12-18-21-15-4-2-3-5-16(15)23-18)20-17(22)7-6-14-8-10-19-11-9-14;;/h2-5,13-14,19H,6-12H2,1H3,(H,20,22);2*1H. The van der Waals surface area contributed by atoms with Crippen LogP contribution in [0.5, 0.6) is 0 Å². The zero-order valence-electron chi connectivity index (χ0n) is 14.5. The largest absolute Gasteiger partial charge is 0.353 e. The topological polar surface area (TPSA) is 54.0 Å². The molecule has 0 bridgehead atoms. The van der Waals surface area contributed by atoms with Crippen molar-refractivity contribution in [3.63, 3.8) is 0 Å². The molecule has 140 valence electrons. The highest BCUT2D eigenvalue weighted by molar-refractivity contribution is 7.18. The summed E-state index contributed by atoms with van der Waals surface area (Å²) in [5.41, 5.74) is 1.05. The minimum absolute atomic E-state index is 0. The second kappa shape index (κ2) is 11.0. The monoisotopic (exact) mass is 403 g/mol. The number of piperidine rings is 1. The first-order valence-corrected chi connectivity index (χ1v) is 9.37. The summed E-state index contributed by atoms with van der Waals surface area (Å²) in [4.78, 5) is 16.8. The molecule has 3 rings (SSSR count). The highest BCUT2D eigenvalue weighted by atomic mass is 35.5. The summed E-state index contributed by atoms with van der Waals surface area (Å²) in [7, 11) is 0. The first-order valence-electron chi connectivity index (χ1n) is 8.55. The van der Waals surface area contributed by atoms with Crippen LogP contribution in [0.4, 0.5) is 0 Å². The molecule has 2 heterocycles. The van der Waals surface area contributed by atoms with E-state index in [4.69, 9.17) is 0 Å². The number of hydrogen-bond acceptors (Lipinski definition) is 4. The Labute approximate surface area is 166 Å². The first kappa shape index (κ1) is 22.2. The number of rotatable bonds is 6. The molecule has 1 aliphatic rings. The highest BCUT2D eigenvalue weighted by Crippen LogP contribution is 2.22. The average Bonchev–Trinajstić information content (AvgIpc) is 2.96. The molecule has 4 nitrogen and oxygen atoms in total. The number of amides is 1. The number of hydrogen-bond donors (Lipinski definition) is 2. The van der Waals surface area contributed by atoms with Gasteiger partial charge in [-0.1, -0.05) is 12.1 Å². The van der Waals surface area contributed by atoms with Crippen molar-refractivity contribution in [2.45, 2.75) is 45.1 Å². The molecular weight excluding hydrogens is 377 g/mol. The fourth-order valence-corrected chi connectivity index (χ4v) is 4.27. The van der Waals surface area contributed by atoms with Crippen LogP contribution in [0, 0.1) is 5.92 Å². The van der Waals surface area contributed by atoms with Crippen molar-refractivity contribution in [2.75, 3.05) is 13.1 Å². The van der Waals surface area contributed by atoms with Gasteiger partial charge in [-0.05, 0) is 57.3 Å². The van der Waals surface area contributed by atoms with Crippen LogP contribution in [0.2, 0.25) is 0 Å². The maximum Gasteiger partial charge on any atom is 0.220 e. The number of para-hydroxylation sites is 1. The van der Waals surface area contributed by atoms with Crippen LogP contribution in [0.1, 0.15) is 37.6 Å². The fourth-order valence-electron chi connectivity index (χ4n) is 3.17. The van der Waals surface area contributed by atoms with E-state index in [1.165, 1.54) is 17.5 Å². The van der Waals surface area contributed by atoms with Crippen LogP contribution in [-0.4, -0.2) is 30.0 Å². The normalized spacial score (nSPS) is 15.9. The van der Waals surface area contributed by atoms with Crippen LogP contribution in [-0.2, 0) is 11.2 Å². The van der Waals surface area contributed by atoms with Gasteiger partial charge in [0.05, 0.1) is 15.2 Å². The van der Waals surface area contributed by atoms with E-state index in [1.807, 2.05) is 18.2 Å². The molecule has 1 saturated heterocycles. The Morgan fingerprint density at radius 2 is 2.04 bits per heavy atom. The first-order chi connectivity index (χ1) is 11.2. The predicted octanol–water partition coefficient (Wildman–Crippen LogP) is 3.97. The van der Waals surface area contributed by atoms with Gasteiger partial charge in [-0.2, -0.15) is 0 Å².